The van der Waals surface area contributed by atoms with Crippen molar-refractivity contribution in [1.29, 1.82) is 0 Å². The summed E-state index contributed by atoms with van der Waals surface area (Å²) in [6.45, 7) is 0.486. The molecule has 0 spiro atoms. The highest BCUT2D eigenvalue weighted by Gasteiger charge is 2.16. The van der Waals surface area contributed by atoms with Crippen molar-refractivity contribution in [2.45, 2.75) is 19.1 Å². The van der Waals surface area contributed by atoms with Crippen molar-refractivity contribution in [3.05, 3.63) is 102 Å². The second kappa shape index (κ2) is 12.1. The minimum absolute atomic E-state index is 0.330. The summed E-state index contributed by atoms with van der Waals surface area (Å²) < 4.78 is 10.3. The summed E-state index contributed by atoms with van der Waals surface area (Å²) >= 11 is 0. The van der Waals surface area contributed by atoms with Crippen molar-refractivity contribution in [3.63, 3.8) is 0 Å². The molecule has 0 heterocycles. The van der Waals surface area contributed by atoms with Gasteiger partial charge in [-0.15, -0.1) is 0 Å². The zero-order valence-corrected chi connectivity index (χ0v) is 18.3. The zero-order chi connectivity index (χ0) is 23.5. The van der Waals surface area contributed by atoms with Crippen molar-refractivity contribution >= 4 is 23.7 Å². The zero-order valence-electron chi connectivity index (χ0n) is 18.3. The van der Waals surface area contributed by atoms with E-state index in [-0.39, 0.29) is 0 Å². The second-order valence-electron chi connectivity index (χ2n) is 7.23. The maximum Gasteiger partial charge on any atom is 0.348 e. The number of hydrogen-bond donors (Lipinski definition) is 2. The Morgan fingerprint density at radius 2 is 1.64 bits per heavy atom. The molecule has 0 aromatic heterocycles. The molecule has 0 radical (unpaired) electrons. The Balaban J connectivity index is 1.43. The molecule has 0 fully saturated rings. The molecule has 0 aliphatic heterocycles. The average Bonchev–Trinajstić information content (AvgIpc) is 2.86. The van der Waals surface area contributed by atoms with Gasteiger partial charge in [-0.25, -0.2) is 15.1 Å². The van der Waals surface area contributed by atoms with Gasteiger partial charge < -0.3 is 20.0 Å². The van der Waals surface area contributed by atoms with Crippen LogP contribution in [0.5, 0.6) is 5.75 Å². The fraction of sp³-hybridized carbons (Fsp3) is 0.154. The lowest BCUT2D eigenvalue weighted by molar-refractivity contribution is -0.142. The number of rotatable bonds is 10. The molecule has 3 N–H and O–H groups in total. The fourth-order valence-electron chi connectivity index (χ4n) is 2.88. The molecule has 0 aliphatic rings. The molecule has 3 rings (SSSR count). The number of nitrogens with one attached hydrogen (secondary N) is 1. The van der Waals surface area contributed by atoms with Gasteiger partial charge in [0.2, 0.25) is 0 Å². The van der Waals surface area contributed by atoms with E-state index >= 15 is 0 Å². The van der Waals surface area contributed by atoms with Gasteiger partial charge in [0, 0.05) is 6.08 Å². The SMILES string of the molecule is COC(=O)C=Cc1ccc(NOC(=O)[C@@H](N)Cc2ccc(OCc3ccccc3)cc2)cc1. The molecular weight excluding hydrogens is 420 g/mol. The van der Waals surface area contributed by atoms with Gasteiger partial charge in [-0.2, -0.15) is 0 Å². The summed E-state index contributed by atoms with van der Waals surface area (Å²) in [6, 6.07) is 23.5. The standard InChI is InChI=1S/C26H26N2O5/c1-31-25(29)16-11-19-7-12-22(13-8-19)28-33-26(30)24(27)17-20-9-14-23(15-10-20)32-18-21-5-3-2-4-6-21/h2-16,24,28H,17-18,27H2,1H3/t24-/m0/s1. The predicted molar refractivity (Wildman–Crippen MR) is 126 cm³/mol. The van der Waals surface area contributed by atoms with Gasteiger partial charge in [-0.1, -0.05) is 54.6 Å². The van der Waals surface area contributed by atoms with Crippen LogP contribution < -0.4 is 16.0 Å². The molecule has 0 saturated heterocycles. The summed E-state index contributed by atoms with van der Waals surface area (Å²) in [7, 11) is 1.31. The van der Waals surface area contributed by atoms with Crippen LogP contribution in [0.1, 0.15) is 16.7 Å². The molecule has 7 nitrogen and oxygen atoms in total. The Kier molecular flexibility index (Phi) is 8.62. The highest BCUT2D eigenvalue weighted by molar-refractivity contribution is 5.87. The Morgan fingerprint density at radius 1 is 0.939 bits per heavy atom. The van der Waals surface area contributed by atoms with Gasteiger partial charge in [0.25, 0.3) is 0 Å². The Hall–Kier alpha value is -4.10. The lowest BCUT2D eigenvalue weighted by atomic mass is 10.1. The number of methoxy groups -OCH3 is 1. The molecule has 0 bridgehead atoms. The van der Waals surface area contributed by atoms with E-state index in [2.05, 4.69) is 10.2 Å². The monoisotopic (exact) mass is 446 g/mol. The summed E-state index contributed by atoms with van der Waals surface area (Å²) in [5, 5.41) is 0. The molecule has 0 amide bonds. The highest BCUT2D eigenvalue weighted by atomic mass is 16.7. The van der Waals surface area contributed by atoms with Gasteiger partial charge in [0.1, 0.15) is 18.4 Å². The van der Waals surface area contributed by atoms with Crippen LogP contribution in [0.4, 0.5) is 5.69 Å². The van der Waals surface area contributed by atoms with Gasteiger partial charge in [-0.3, -0.25) is 0 Å². The minimum Gasteiger partial charge on any atom is -0.489 e. The first-order valence-corrected chi connectivity index (χ1v) is 10.4. The van der Waals surface area contributed by atoms with E-state index in [1.807, 2.05) is 54.6 Å². The number of nitrogens with two attached hydrogens (primary N) is 1. The lowest BCUT2D eigenvalue weighted by Crippen LogP contribution is -2.35. The van der Waals surface area contributed by atoms with E-state index in [0.717, 1.165) is 22.4 Å². The lowest BCUT2D eigenvalue weighted by Gasteiger charge is -2.13. The third-order valence-corrected chi connectivity index (χ3v) is 4.72. The summed E-state index contributed by atoms with van der Waals surface area (Å²) in [5.41, 5.74) is 11.9. The number of anilines is 1. The molecule has 1 atom stereocenters. The first-order valence-electron chi connectivity index (χ1n) is 10.4. The Bertz CT molecular complexity index is 1060. The van der Waals surface area contributed by atoms with Gasteiger partial charge in [0.15, 0.2) is 0 Å². The molecule has 0 unspecified atom stereocenters. The average molecular weight is 447 g/mol. The van der Waals surface area contributed by atoms with Crippen molar-refractivity contribution in [2.75, 3.05) is 12.6 Å². The maximum atomic E-state index is 12.2. The van der Waals surface area contributed by atoms with Crippen LogP contribution in [0.3, 0.4) is 0 Å². The maximum absolute atomic E-state index is 12.2. The molecular formula is C26H26N2O5. The fourth-order valence-corrected chi connectivity index (χ4v) is 2.88. The van der Waals surface area contributed by atoms with Crippen LogP contribution in [0, 0.1) is 0 Å². The number of esters is 1. The Labute approximate surface area is 192 Å². The van der Waals surface area contributed by atoms with E-state index in [1.54, 1.807) is 30.3 Å². The van der Waals surface area contributed by atoms with E-state index in [4.69, 9.17) is 15.3 Å². The molecule has 170 valence electrons. The summed E-state index contributed by atoms with van der Waals surface area (Å²) in [4.78, 5) is 28.5. The number of hydrogen-bond acceptors (Lipinski definition) is 7. The molecule has 3 aromatic carbocycles. The largest absolute Gasteiger partial charge is 0.489 e. The van der Waals surface area contributed by atoms with E-state index < -0.39 is 18.0 Å². The normalized spacial score (nSPS) is 11.6. The number of ether oxygens (including phenoxy) is 2. The quantitative estimate of drug-likeness (QED) is 0.277. The van der Waals surface area contributed by atoms with Crippen LogP contribution in [0.2, 0.25) is 0 Å². The van der Waals surface area contributed by atoms with Gasteiger partial charge in [0.05, 0.1) is 12.8 Å². The highest BCUT2D eigenvalue weighted by Crippen LogP contribution is 2.16. The molecule has 7 heteroatoms. The summed E-state index contributed by atoms with van der Waals surface area (Å²) in [6.07, 6.45) is 3.27. The second-order valence-corrected chi connectivity index (χ2v) is 7.23. The van der Waals surface area contributed by atoms with Crippen molar-refractivity contribution in [2.24, 2.45) is 5.73 Å². The third kappa shape index (κ3) is 7.83. The van der Waals surface area contributed by atoms with E-state index in [0.29, 0.717) is 18.7 Å². The first kappa shape index (κ1) is 23.6. The van der Waals surface area contributed by atoms with Crippen LogP contribution in [-0.2, 0) is 32.2 Å². The summed E-state index contributed by atoms with van der Waals surface area (Å²) in [5.74, 6) is -0.270. The predicted octanol–water partition coefficient (Wildman–Crippen LogP) is 3.89. The van der Waals surface area contributed by atoms with Crippen LogP contribution in [0.15, 0.2) is 84.9 Å². The third-order valence-electron chi connectivity index (χ3n) is 4.72. The molecule has 3 aromatic rings. The van der Waals surface area contributed by atoms with Gasteiger partial charge >= 0.3 is 11.9 Å². The van der Waals surface area contributed by atoms with E-state index in [9.17, 15) is 9.59 Å². The minimum atomic E-state index is -0.823. The molecule has 33 heavy (non-hydrogen) atoms. The Morgan fingerprint density at radius 3 is 2.30 bits per heavy atom. The van der Waals surface area contributed by atoms with Crippen LogP contribution >= 0.6 is 0 Å². The molecule has 0 saturated carbocycles. The number of carbonyl (C=O) groups is 2. The number of benzene rings is 3. The van der Waals surface area contributed by atoms with Crippen molar-refractivity contribution in [3.8, 4) is 5.75 Å². The number of carbonyl (C=O) groups excluding carboxylic acids is 2. The van der Waals surface area contributed by atoms with Gasteiger partial charge in [-0.05, 0) is 53.5 Å². The first-order chi connectivity index (χ1) is 16.0. The van der Waals surface area contributed by atoms with Crippen molar-refractivity contribution < 1.29 is 23.9 Å². The van der Waals surface area contributed by atoms with Crippen LogP contribution in [-0.4, -0.2) is 25.1 Å². The van der Waals surface area contributed by atoms with Crippen LogP contribution in [0.25, 0.3) is 6.08 Å². The van der Waals surface area contributed by atoms with E-state index in [1.165, 1.54) is 13.2 Å². The van der Waals surface area contributed by atoms with Crippen molar-refractivity contribution in [1.82, 2.24) is 0 Å². The smallest absolute Gasteiger partial charge is 0.348 e. The topological polar surface area (TPSA) is 99.9 Å². The molecule has 0 aliphatic carbocycles.